The Morgan fingerprint density at radius 2 is 1.80 bits per heavy atom. The molecular formula is C24H23N3O3. The van der Waals surface area contributed by atoms with Gasteiger partial charge in [0.25, 0.3) is 0 Å². The van der Waals surface area contributed by atoms with Gasteiger partial charge in [-0.15, -0.1) is 0 Å². The number of ketones is 1. The minimum Gasteiger partial charge on any atom is -0.450 e. The highest BCUT2D eigenvalue weighted by Gasteiger charge is 2.25. The molecule has 1 atom stereocenters. The lowest BCUT2D eigenvalue weighted by Gasteiger charge is -2.13. The lowest BCUT2D eigenvalue weighted by atomic mass is 10.0. The van der Waals surface area contributed by atoms with Gasteiger partial charge in [0.2, 0.25) is 5.78 Å². The van der Waals surface area contributed by atoms with E-state index in [1.807, 2.05) is 73.6 Å². The third-order valence-corrected chi connectivity index (χ3v) is 4.85. The van der Waals surface area contributed by atoms with Gasteiger partial charge in [-0.1, -0.05) is 30.3 Å². The number of aromatic nitrogens is 1. The molecule has 0 unspecified atom stereocenters. The largest absolute Gasteiger partial charge is 0.450 e. The second-order valence-electron chi connectivity index (χ2n) is 7.24. The number of nitrogens with one attached hydrogen (secondary N) is 1. The van der Waals surface area contributed by atoms with Gasteiger partial charge < -0.3 is 14.6 Å². The summed E-state index contributed by atoms with van der Waals surface area (Å²) in [5.74, 6) is -1.14. The molecule has 0 radical (unpaired) electrons. The van der Waals surface area contributed by atoms with Gasteiger partial charge in [-0.2, -0.15) is 5.26 Å². The third kappa shape index (κ3) is 4.26. The number of fused-ring (bicyclic) bond motifs is 1. The zero-order valence-corrected chi connectivity index (χ0v) is 17.4. The summed E-state index contributed by atoms with van der Waals surface area (Å²) in [7, 11) is 3.85. The van der Waals surface area contributed by atoms with Crippen molar-refractivity contribution >= 4 is 34.4 Å². The predicted molar refractivity (Wildman–Crippen MR) is 117 cm³/mol. The molecule has 6 nitrogen and oxygen atoms in total. The first-order valence-corrected chi connectivity index (χ1v) is 9.53. The molecule has 0 bridgehead atoms. The Labute approximate surface area is 175 Å². The monoisotopic (exact) mass is 401 g/mol. The Bertz CT molecular complexity index is 1160. The van der Waals surface area contributed by atoms with Crippen molar-refractivity contribution in [1.29, 1.82) is 5.26 Å². The summed E-state index contributed by atoms with van der Waals surface area (Å²) in [5.41, 5.74) is 3.58. The van der Waals surface area contributed by atoms with E-state index in [1.165, 1.54) is 13.0 Å². The Balaban J connectivity index is 1.78. The lowest BCUT2D eigenvalue weighted by molar-refractivity contribution is -0.141. The van der Waals surface area contributed by atoms with Gasteiger partial charge in [0.1, 0.15) is 11.6 Å². The number of Topliss-reactive ketones (excluding diaryl/α,β-unsaturated/α-hetero) is 1. The highest BCUT2D eigenvalue weighted by Crippen LogP contribution is 2.24. The molecule has 0 aliphatic heterocycles. The van der Waals surface area contributed by atoms with Crippen LogP contribution in [0.4, 0.5) is 5.69 Å². The molecule has 1 heterocycles. The normalized spacial score (nSPS) is 12.3. The minimum atomic E-state index is -1.02. The molecule has 30 heavy (non-hydrogen) atoms. The van der Waals surface area contributed by atoms with E-state index in [-0.39, 0.29) is 11.4 Å². The van der Waals surface area contributed by atoms with Crippen LogP contribution in [0.3, 0.4) is 0 Å². The number of aryl methyl sites for hydroxylation is 1. The Kier molecular flexibility index (Phi) is 6.03. The zero-order valence-electron chi connectivity index (χ0n) is 17.4. The highest BCUT2D eigenvalue weighted by molar-refractivity contribution is 6.12. The van der Waals surface area contributed by atoms with E-state index in [4.69, 9.17) is 4.74 Å². The van der Waals surface area contributed by atoms with Crippen molar-refractivity contribution in [2.45, 2.75) is 20.0 Å². The molecule has 0 aliphatic rings. The number of anilines is 1. The first-order chi connectivity index (χ1) is 14.3. The molecule has 3 rings (SSSR count). The lowest BCUT2D eigenvalue weighted by Crippen LogP contribution is -2.25. The average molecular weight is 401 g/mol. The number of nitrogens with zero attached hydrogens (tertiary/aromatic N) is 2. The highest BCUT2D eigenvalue weighted by atomic mass is 16.5. The minimum absolute atomic E-state index is 0.164. The molecule has 0 fully saturated rings. The van der Waals surface area contributed by atoms with Gasteiger partial charge in [-0.25, -0.2) is 4.79 Å². The SMILES string of the molecule is Cc1[nH]c2ccccc2c1C(=O)[C@@H](C)OC(=O)/C(C#N)=C\c1ccc(N(C)C)cc1. The quantitative estimate of drug-likeness (QED) is 0.289. The summed E-state index contributed by atoms with van der Waals surface area (Å²) in [6.45, 7) is 3.32. The van der Waals surface area contributed by atoms with Crippen LogP contribution in [-0.2, 0) is 9.53 Å². The summed E-state index contributed by atoms with van der Waals surface area (Å²) < 4.78 is 5.33. The molecule has 2 aromatic carbocycles. The maximum absolute atomic E-state index is 12.9. The van der Waals surface area contributed by atoms with Crippen LogP contribution in [0, 0.1) is 18.3 Å². The Morgan fingerprint density at radius 3 is 2.43 bits per heavy atom. The van der Waals surface area contributed by atoms with Gasteiger partial charge >= 0.3 is 5.97 Å². The van der Waals surface area contributed by atoms with Crippen LogP contribution in [0.5, 0.6) is 0 Å². The molecule has 0 saturated heterocycles. The molecule has 152 valence electrons. The standard InChI is InChI=1S/C24H23N3O3/c1-15-22(20-7-5-6-8-21(20)26-15)23(28)16(2)30-24(29)18(14-25)13-17-9-11-19(12-10-17)27(3)4/h5-13,16,26H,1-4H3/b18-13-/t16-/m1/s1. The smallest absolute Gasteiger partial charge is 0.349 e. The first kappa shape index (κ1) is 20.9. The van der Waals surface area contributed by atoms with Crippen LogP contribution in [0.15, 0.2) is 54.1 Å². The summed E-state index contributed by atoms with van der Waals surface area (Å²) >= 11 is 0. The average Bonchev–Trinajstić information content (AvgIpc) is 3.07. The van der Waals surface area contributed by atoms with E-state index < -0.39 is 12.1 Å². The summed E-state index contributed by atoms with van der Waals surface area (Å²) in [6.07, 6.45) is 0.430. The third-order valence-electron chi connectivity index (χ3n) is 4.85. The van der Waals surface area contributed by atoms with Gasteiger partial charge in [0, 0.05) is 41.9 Å². The predicted octanol–water partition coefficient (Wildman–Crippen LogP) is 4.26. The van der Waals surface area contributed by atoms with Crippen LogP contribution in [-0.4, -0.2) is 36.9 Å². The fourth-order valence-electron chi connectivity index (χ4n) is 3.25. The molecule has 3 aromatic rings. The van der Waals surface area contributed by atoms with Crippen LogP contribution in [0.1, 0.15) is 28.5 Å². The van der Waals surface area contributed by atoms with E-state index >= 15 is 0 Å². The van der Waals surface area contributed by atoms with Crippen molar-refractivity contribution in [1.82, 2.24) is 4.98 Å². The van der Waals surface area contributed by atoms with Gasteiger partial charge in [-0.3, -0.25) is 4.79 Å². The zero-order chi connectivity index (χ0) is 21.8. The number of rotatable bonds is 6. The molecule has 0 spiro atoms. The molecule has 1 aromatic heterocycles. The number of para-hydroxylation sites is 1. The van der Waals surface area contributed by atoms with Crippen molar-refractivity contribution in [2.75, 3.05) is 19.0 Å². The molecule has 0 amide bonds. The number of aromatic amines is 1. The number of carbonyl (C=O) groups excluding carboxylic acids is 2. The van der Waals surface area contributed by atoms with Crippen molar-refractivity contribution in [2.24, 2.45) is 0 Å². The van der Waals surface area contributed by atoms with Crippen molar-refractivity contribution < 1.29 is 14.3 Å². The topological polar surface area (TPSA) is 86.2 Å². The maximum atomic E-state index is 12.9. The van der Waals surface area contributed by atoms with E-state index in [0.29, 0.717) is 16.8 Å². The number of hydrogen-bond acceptors (Lipinski definition) is 5. The summed E-state index contributed by atoms with van der Waals surface area (Å²) in [6, 6.07) is 16.7. The first-order valence-electron chi connectivity index (χ1n) is 9.53. The van der Waals surface area contributed by atoms with Crippen molar-refractivity contribution in [3.63, 3.8) is 0 Å². The second-order valence-corrected chi connectivity index (χ2v) is 7.24. The van der Waals surface area contributed by atoms with Crippen molar-refractivity contribution in [3.05, 3.63) is 70.9 Å². The Hall–Kier alpha value is -3.85. The molecule has 0 aliphatic carbocycles. The summed E-state index contributed by atoms with van der Waals surface area (Å²) in [5, 5.41) is 10.2. The number of H-pyrrole nitrogens is 1. The second kappa shape index (κ2) is 8.66. The number of ether oxygens (including phenoxy) is 1. The van der Waals surface area contributed by atoms with Crippen LogP contribution in [0.2, 0.25) is 0 Å². The van der Waals surface area contributed by atoms with E-state index in [9.17, 15) is 14.9 Å². The fraction of sp³-hybridized carbons (Fsp3) is 0.208. The van der Waals surface area contributed by atoms with Crippen LogP contribution >= 0.6 is 0 Å². The van der Waals surface area contributed by atoms with Gasteiger partial charge in [0.15, 0.2) is 6.10 Å². The Morgan fingerprint density at radius 1 is 1.13 bits per heavy atom. The summed E-state index contributed by atoms with van der Waals surface area (Å²) in [4.78, 5) is 30.6. The van der Waals surface area contributed by atoms with E-state index in [2.05, 4.69) is 4.98 Å². The van der Waals surface area contributed by atoms with Crippen LogP contribution in [0.25, 0.3) is 17.0 Å². The van der Waals surface area contributed by atoms with Crippen LogP contribution < -0.4 is 4.90 Å². The van der Waals surface area contributed by atoms with Gasteiger partial charge in [-0.05, 0) is 43.7 Å². The fourth-order valence-corrected chi connectivity index (χ4v) is 3.25. The molecule has 1 N–H and O–H groups in total. The number of nitriles is 1. The van der Waals surface area contributed by atoms with E-state index in [0.717, 1.165) is 16.6 Å². The van der Waals surface area contributed by atoms with Crippen molar-refractivity contribution in [3.8, 4) is 6.07 Å². The molecule has 0 saturated carbocycles. The number of carbonyl (C=O) groups is 2. The molecular weight excluding hydrogens is 378 g/mol. The maximum Gasteiger partial charge on any atom is 0.349 e. The number of hydrogen-bond donors (Lipinski definition) is 1. The van der Waals surface area contributed by atoms with E-state index in [1.54, 1.807) is 6.92 Å². The van der Waals surface area contributed by atoms with Gasteiger partial charge in [0.05, 0.1) is 0 Å². The molecule has 6 heteroatoms. The number of benzene rings is 2. The number of esters is 1.